The molecule has 0 saturated heterocycles. The van der Waals surface area contributed by atoms with Crippen LogP contribution in [0.3, 0.4) is 0 Å². The Morgan fingerprint density at radius 2 is 2.21 bits per heavy atom. The topological polar surface area (TPSA) is 29.5 Å². The minimum absolute atomic E-state index is 0.179. The summed E-state index contributed by atoms with van der Waals surface area (Å²) in [7, 11) is 0.331. The zero-order valence-electron chi connectivity index (χ0n) is 8.46. The maximum absolute atomic E-state index is 11.6. The fourth-order valence-corrected chi connectivity index (χ4v) is 1.06. The van der Waals surface area contributed by atoms with Gasteiger partial charge >= 0.3 is 6.09 Å². The van der Waals surface area contributed by atoms with Crippen molar-refractivity contribution in [2.45, 2.75) is 32.8 Å². The van der Waals surface area contributed by atoms with Crippen molar-refractivity contribution in [2.75, 3.05) is 13.1 Å². The first-order chi connectivity index (χ1) is 6.38. The molecule has 0 radical (unpaired) electrons. The SMILES string of the molecule is [BH3-]C1=CCN(C(=O)OC(C)(C)C)CC1. The molecule has 1 heterocycles. The number of nitrogens with zero attached hydrogens (tertiary/aromatic N) is 1. The molecular weight excluding hydrogens is 177 g/mol. The van der Waals surface area contributed by atoms with Gasteiger partial charge in [0.1, 0.15) is 5.60 Å². The molecule has 3 nitrogen and oxygen atoms in total. The summed E-state index contributed by atoms with van der Waals surface area (Å²) in [5.74, 6) is 0. The highest BCUT2D eigenvalue weighted by molar-refractivity contribution is 6.21. The zero-order chi connectivity index (χ0) is 10.8. The first kappa shape index (κ1) is 11.2. The van der Waals surface area contributed by atoms with E-state index in [2.05, 4.69) is 6.08 Å². The van der Waals surface area contributed by atoms with Gasteiger partial charge in [-0.25, -0.2) is 10.3 Å². The molecule has 4 heteroatoms. The Morgan fingerprint density at radius 1 is 1.57 bits per heavy atom. The summed E-state index contributed by atoms with van der Waals surface area (Å²) in [6.45, 7) is 7.27. The third-order valence-corrected chi connectivity index (χ3v) is 1.63. The lowest BCUT2D eigenvalue weighted by Crippen LogP contribution is -2.39. The number of rotatable bonds is 0. The van der Waals surface area contributed by atoms with E-state index in [1.165, 1.54) is 0 Å². The number of hydrogen-bond acceptors (Lipinski definition) is 2. The molecule has 0 aromatic heterocycles. The van der Waals surface area contributed by atoms with E-state index >= 15 is 0 Å². The standard InChI is InChI=1S/C10H19BNO2/c1-10(2,3)14-9(13)12-6-4-8(11)5-7-12/h4H,5-7H2,1-3,11H3/q-1. The van der Waals surface area contributed by atoms with Gasteiger partial charge in [-0.15, -0.1) is 6.08 Å². The Bertz CT molecular complexity index is 255. The quantitative estimate of drug-likeness (QED) is 0.538. The second-order valence-electron chi connectivity index (χ2n) is 4.08. The van der Waals surface area contributed by atoms with E-state index in [4.69, 9.17) is 4.74 Å². The monoisotopic (exact) mass is 196 g/mol. The second-order valence-corrected chi connectivity index (χ2v) is 4.08. The molecule has 0 saturated carbocycles. The molecule has 1 aliphatic heterocycles. The number of carbonyl (C=O) groups excluding carboxylic acids is 1. The summed E-state index contributed by atoms with van der Waals surface area (Å²) in [4.78, 5) is 13.4. The van der Waals surface area contributed by atoms with Crippen molar-refractivity contribution in [2.24, 2.45) is 0 Å². The lowest BCUT2D eigenvalue weighted by Gasteiger charge is -2.30. The number of carbonyl (C=O) groups is 1. The molecular formula is C10H19BNO2-. The normalized spacial score (nSPS) is 17.7. The van der Waals surface area contributed by atoms with Crippen molar-refractivity contribution >= 4 is 13.9 Å². The number of ether oxygens (including phenoxy) is 1. The lowest BCUT2D eigenvalue weighted by molar-refractivity contribution is 0.0267. The molecule has 0 fully saturated rings. The fraction of sp³-hybridized carbons (Fsp3) is 0.700. The highest BCUT2D eigenvalue weighted by Crippen LogP contribution is 2.13. The van der Waals surface area contributed by atoms with Crippen LogP contribution in [0, 0.1) is 0 Å². The van der Waals surface area contributed by atoms with Gasteiger partial charge in [0.15, 0.2) is 0 Å². The predicted molar refractivity (Wildman–Crippen MR) is 60.4 cm³/mol. The van der Waals surface area contributed by atoms with Crippen LogP contribution in [0.1, 0.15) is 27.2 Å². The van der Waals surface area contributed by atoms with E-state index in [1.807, 2.05) is 20.8 Å². The molecule has 0 atom stereocenters. The summed E-state index contributed by atoms with van der Waals surface area (Å²) in [5.41, 5.74) is 1.22. The van der Waals surface area contributed by atoms with Gasteiger partial charge in [-0.2, -0.15) is 0 Å². The summed E-state index contributed by atoms with van der Waals surface area (Å²) in [6, 6.07) is 0. The zero-order valence-corrected chi connectivity index (χ0v) is 8.46. The van der Waals surface area contributed by atoms with Crippen LogP contribution in [0.25, 0.3) is 0 Å². The van der Waals surface area contributed by atoms with Gasteiger partial charge in [-0.05, 0) is 28.6 Å². The molecule has 0 bridgehead atoms. The molecule has 1 aliphatic rings. The van der Waals surface area contributed by atoms with Crippen LogP contribution in [-0.4, -0.2) is 37.5 Å². The minimum Gasteiger partial charge on any atom is -0.444 e. The fourth-order valence-electron chi connectivity index (χ4n) is 1.06. The Labute approximate surface area is 86.5 Å². The van der Waals surface area contributed by atoms with Crippen molar-refractivity contribution in [3.63, 3.8) is 0 Å². The van der Waals surface area contributed by atoms with Crippen LogP contribution >= 0.6 is 0 Å². The van der Waals surface area contributed by atoms with Crippen LogP contribution in [0.5, 0.6) is 0 Å². The van der Waals surface area contributed by atoms with Gasteiger partial charge in [-0.1, -0.05) is 6.42 Å². The van der Waals surface area contributed by atoms with E-state index < -0.39 is 0 Å². The first-order valence-corrected chi connectivity index (χ1v) is 4.52. The van der Waals surface area contributed by atoms with Crippen molar-refractivity contribution in [1.29, 1.82) is 0 Å². The minimum atomic E-state index is -0.380. The largest absolute Gasteiger partial charge is 0.444 e. The van der Waals surface area contributed by atoms with Crippen LogP contribution in [0.15, 0.2) is 11.5 Å². The lowest BCUT2D eigenvalue weighted by atomic mass is 9.90. The summed E-state index contributed by atoms with van der Waals surface area (Å²) in [5, 5.41) is 0. The Kier molecular flexibility index (Phi) is 3.24. The van der Waals surface area contributed by atoms with E-state index in [0.29, 0.717) is 7.85 Å². The Morgan fingerprint density at radius 3 is 2.64 bits per heavy atom. The second kappa shape index (κ2) is 4.07. The van der Waals surface area contributed by atoms with Crippen LogP contribution < -0.4 is 0 Å². The number of amides is 1. The highest BCUT2D eigenvalue weighted by Gasteiger charge is 2.21. The van der Waals surface area contributed by atoms with E-state index in [0.717, 1.165) is 19.5 Å². The van der Waals surface area contributed by atoms with Crippen molar-refractivity contribution < 1.29 is 9.53 Å². The average Bonchev–Trinajstić information content (AvgIpc) is 2.02. The summed E-state index contributed by atoms with van der Waals surface area (Å²) < 4.78 is 5.29. The van der Waals surface area contributed by atoms with Crippen molar-refractivity contribution in [3.8, 4) is 0 Å². The number of hydrogen-bond donors (Lipinski definition) is 0. The molecule has 0 aromatic carbocycles. The van der Waals surface area contributed by atoms with Gasteiger partial charge in [0.2, 0.25) is 0 Å². The summed E-state index contributed by atoms with van der Waals surface area (Å²) >= 11 is 0. The molecule has 0 unspecified atom stereocenters. The smallest absolute Gasteiger partial charge is 0.410 e. The van der Waals surface area contributed by atoms with E-state index in [-0.39, 0.29) is 11.7 Å². The van der Waals surface area contributed by atoms with Gasteiger partial charge in [0.05, 0.1) is 0 Å². The van der Waals surface area contributed by atoms with Crippen LogP contribution in [0.4, 0.5) is 4.79 Å². The third kappa shape index (κ3) is 3.44. The van der Waals surface area contributed by atoms with Crippen molar-refractivity contribution in [3.05, 3.63) is 11.5 Å². The summed E-state index contributed by atoms with van der Waals surface area (Å²) in [6.07, 6.45) is 3.08. The maximum atomic E-state index is 11.6. The van der Waals surface area contributed by atoms with Gasteiger partial charge in [-0.3, -0.25) is 0 Å². The maximum Gasteiger partial charge on any atom is 0.410 e. The van der Waals surface area contributed by atoms with Crippen molar-refractivity contribution in [1.82, 2.24) is 4.90 Å². The first-order valence-electron chi connectivity index (χ1n) is 4.52. The van der Waals surface area contributed by atoms with E-state index in [1.54, 1.807) is 10.4 Å². The molecule has 1 rings (SSSR count). The molecule has 0 aliphatic carbocycles. The average molecular weight is 196 g/mol. The van der Waals surface area contributed by atoms with Crippen LogP contribution in [0.2, 0.25) is 0 Å². The van der Waals surface area contributed by atoms with Gasteiger partial charge < -0.3 is 9.64 Å². The Balaban J connectivity index is 2.47. The van der Waals surface area contributed by atoms with Crippen LogP contribution in [-0.2, 0) is 4.74 Å². The van der Waals surface area contributed by atoms with E-state index in [9.17, 15) is 4.79 Å². The molecule has 14 heavy (non-hydrogen) atoms. The molecule has 1 amide bonds. The molecule has 0 N–H and O–H groups in total. The molecule has 80 valence electrons. The van der Waals surface area contributed by atoms with Gasteiger partial charge in [0, 0.05) is 13.1 Å². The molecule has 0 spiro atoms. The Hall–Kier alpha value is -0.925. The van der Waals surface area contributed by atoms with Gasteiger partial charge in [0.25, 0.3) is 0 Å². The highest BCUT2D eigenvalue weighted by atomic mass is 16.6. The molecule has 0 aromatic rings. The third-order valence-electron chi connectivity index (χ3n) is 1.63. The predicted octanol–water partition coefficient (Wildman–Crippen LogP) is 0.876.